The topological polar surface area (TPSA) is 103 Å². The van der Waals surface area contributed by atoms with Crippen molar-refractivity contribution in [1.29, 1.82) is 0 Å². The second-order valence-corrected chi connectivity index (χ2v) is 11.0. The first-order valence-electron chi connectivity index (χ1n) is 11.3. The van der Waals surface area contributed by atoms with Crippen molar-refractivity contribution >= 4 is 15.9 Å². The van der Waals surface area contributed by atoms with Gasteiger partial charge in [0, 0.05) is 25.4 Å². The van der Waals surface area contributed by atoms with E-state index in [0.717, 1.165) is 38.5 Å². The average molecular weight is 437 g/mol. The molecule has 0 radical (unpaired) electrons. The third-order valence-electron chi connectivity index (χ3n) is 6.84. The van der Waals surface area contributed by atoms with Gasteiger partial charge in [-0.25, -0.2) is 13.4 Å². The van der Waals surface area contributed by atoms with Crippen LogP contribution in [0.3, 0.4) is 0 Å². The maximum absolute atomic E-state index is 12.9. The number of hydrogen-bond acceptors (Lipinski definition) is 5. The first-order chi connectivity index (χ1) is 14.4. The minimum absolute atomic E-state index is 0.0386. The molecular weight excluding hydrogens is 404 g/mol. The number of hydrogen-bond donors (Lipinski definition) is 1. The van der Waals surface area contributed by atoms with E-state index < -0.39 is 16.1 Å². The number of amides is 1. The molecule has 3 heterocycles. The van der Waals surface area contributed by atoms with Crippen molar-refractivity contribution in [3.05, 3.63) is 27.4 Å². The van der Waals surface area contributed by atoms with Gasteiger partial charge in [-0.1, -0.05) is 25.7 Å². The number of nitrogens with zero attached hydrogens (tertiary/aromatic N) is 3. The van der Waals surface area contributed by atoms with Crippen molar-refractivity contribution in [1.82, 2.24) is 19.2 Å². The van der Waals surface area contributed by atoms with Crippen molar-refractivity contribution in [3.8, 4) is 0 Å². The van der Waals surface area contributed by atoms with Gasteiger partial charge in [0.2, 0.25) is 15.9 Å². The molecule has 0 aromatic carbocycles. The van der Waals surface area contributed by atoms with Crippen molar-refractivity contribution in [3.63, 3.8) is 0 Å². The number of sulfonamides is 1. The lowest BCUT2D eigenvalue weighted by Crippen LogP contribution is -2.44. The normalized spacial score (nSPS) is 23.9. The zero-order valence-electron chi connectivity index (χ0n) is 17.7. The summed E-state index contributed by atoms with van der Waals surface area (Å²) in [4.78, 5) is 35.2. The number of carbonyl (C=O) groups is 1. The molecule has 166 valence electrons. The van der Waals surface area contributed by atoms with E-state index in [4.69, 9.17) is 4.98 Å². The predicted octanol–water partition coefficient (Wildman–Crippen LogP) is 2.11. The number of piperidine rings is 1. The summed E-state index contributed by atoms with van der Waals surface area (Å²) in [5.41, 5.74) is 1.02. The summed E-state index contributed by atoms with van der Waals surface area (Å²) in [6.07, 6.45) is 8.22. The van der Waals surface area contributed by atoms with Crippen LogP contribution in [0.25, 0.3) is 0 Å². The van der Waals surface area contributed by atoms with Crippen molar-refractivity contribution in [2.75, 3.05) is 18.8 Å². The van der Waals surface area contributed by atoms with E-state index in [-0.39, 0.29) is 23.1 Å². The van der Waals surface area contributed by atoms with Crippen molar-refractivity contribution in [2.45, 2.75) is 77.3 Å². The monoisotopic (exact) mass is 436 g/mol. The molecule has 1 saturated heterocycles. The molecule has 0 spiro atoms. The van der Waals surface area contributed by atoms with Crippen LogP contribution >= 0.6 is 0 Å². The van der Waals surface area contributed by atoms with E-state index >= 15 is 0 Å². The molecule has 0 unspecified atom stereocenters. The fraction of sp³-hybridized carbons (Fsp3) is 0.762. The second kappa shape index (κ2) is 8.78. The maximum atomic E-state index is 12.9. The first-order valence-corrected chi connectivity index (χ1v) is 12.9. The fourth-order valence-electron chi connectivity index (χ4n) is 5.07. The van der Waals surface area contributed by atoms with Gasteiger partial charge < -0.3 is 9.88 Å². The Morgan fingerprint density at radius 1 is 1.10 bits per heavy atom. The summed E-state index contributed by atoms with van der Waals surface area (Å²) < 4.78 is 26.6. The molecule has 9 heteroatoms. The minimum atomic E-state index is -3.37. The quantitative estimate of drug-likeness (QED) is 0.779. The zero-order chi connectivity index (χ0) is 21.3. The van der Waals surface area contributed by atoms with E-state index in [1.807, 2.05) is 4.90 Å². The molecule has 2 aliphatic heterocycles. The van der Waals surface area contributed by atoms with Crippen LogP contribution in [-0.4, -0.2) is 52.3 Å². The summed E-state index contributed by atoms with van der Waals surface area (Å²) in [6.45, 7) is 2.97. The first kappa shape index (κ1) is 21.5. The molecule has 1 N–H and O–H groups in total. The fourth-order valence-corrected chi connectivity index (χ4v) is 6.41. The number of aromatic amines is 1. The Hall–Kier alpha value is -1.74. The van der Waals surface area contributed by atoms with E-state index in [1.165, 1.54) is 10.7 Å². The van der Waals surface area contributed by atoms with Crippen LogP contribution < -0.4 is 5.56 Å². The highest BCUT2D eigenvalue weighted by molar-refractivity contribution is 7.89. The van der Waals surface area contributed by atoms with Gasteiger partial charge in [-0.3, -0.25) is 9.59 Å². The lowest BCUT2D eigenvalue weighted by atomic mass is 9.88. The minimum Gasteiger partial charge on any atom is -0.337 e. The Labute approximate surface area is 178 Å². The summed E-state index contributed by atoms with van der Waals surface area (Å²) in [5.74, 6) is 0.734. The summed E-state index contributed by atoms with van der Waals surface area (Å²) in [6, 6.07) is -0.413. The Balaban J connectivity index is 1.57. The Bertz CT molecular complexity index is 952. The molecule has 1 aromatic rings. The predicted molar refractivity (Wildman–Crippen MR) is 113 cm³/mol. The van der Waals surface area contributed by atoms with Crippen LogP contribution in [0.5, 0.6) is 0 Å². The van der Waals surface area contributed by atoms with Gasteiger partial charge in [-0.15, -0.1) is 0 Å². The molecule has 1 aromatic heterocycles. The van der Waals surface area contributed by atoms with E-state index in [9.17, 15) is 18.0 Å². The molecule has 1 aliphatic carbocycles. The highest BCUT2D eigenvalue weighted by atomic mass is 32.2. The third kappa shape index (κ3) is 4.19. The van der Waals surface area contributed by atoms with Gasteiger partial charge in [0.25, 0.3) is 5.56 Å². The standard InChI is InChI=1S/C21H32N4O4S/c1-2-30(28,29)25-12-7-6-10-18(25)19-22-17-11-13-24(14-16(17)20(26)23-19)21(27)15-8-4-3-5-9-15/h15,18H,2-14H2,1H3,(H,22,23,26)/t18-/m0/s1. The van der Waals surface area contributed by atoms with Crippen LogP contribution in [0, 0.1) is 5.92 Å². The number of nitrogens with one attached hydrogen (secondary N) is 1. The lowest BCUT2D eigenvalue weighted by molar-refractivity contribution is -0.137. The Kier molecular flexibility index (Phi) is 6.29. The summed E-state index contributed by atoms with van der Waals surface area (Å²) >= 11 is 0. The Morgan fingerprint density at radius 2 is 1.83 bits per heavy atom. The van der Waals surface area contributed by atoms with Gasteiger partial charge >= 0.3 is 0 Å². The average Bonchev–Trinajstić information content (AvgIpc) is 2.79. The summed E-state index contributed by atoms with van der Waals surface area (Å²) in [7, 11) is -3.37. The molecule has 3 aliphatic rings. The van der Waals surface area contributed by atoms with Gasteiger partial charge in [0.05, 0.1) is 29.6 Å². The lowest BCUT2D eigenvalue weighted by Gasteiger charge is -2.35. The highest BCUT2D eigenvalue weighted by Crippen LogP contribution is 2.32. The maximum Gasteiger partial charge on any atom is 0.256 e. The number of aromatic nitrogens is 2. The second-order valence-electron chi connectivity index (χ2n) is 8.74. The van der Waals surface area contributed by atoms with Crippen LogP contribution in [-0.2, 0) is 27.8 Å². The number of carbonyl (C=O) groups excluding carboxylic acids is 1. The van der Waals surface area contributed by atoms with E-state index in [1.54, 1.807) is 6.92 Å². The smallest absolute Gasteiger partial charge is 0.256 e. The number of fused-ring (bicyclic) bond motifs is 1. The molecule has 1 atom stereocenters. The molecule has 2 fully saturated rings. The molecule has 4 rings (SSSR count). The van der Waals surface area contributed by atoms with Gasteiger partial charge in [-0.2, -0.15) is 4.31 Å². The van der Waals surface area contributed by atoms with Crippen LogP contribution in [0.4, 0.5) is 0 Å². The van der Waals surface area contributed by atoms with Crippen LogP contribution in [0.2, 0.25) is 0 Å². The largest absolute Gasteiger partial charge is 0.337 e. The molecule has 1 saturated carbocycles. The van der Waals surface area contributed by atoms with E-state index in [2.05, 4.69) is 4.98 Å². The zero-order valence-corrected chi connectivity index (χ0v) is 18.5. The van der Waals surface area contributed by atoms with Crippen molar-refractivity contribution < 1.29 is 13.2 Å². The third-order valence-corrected chi connectivity index (χ3v) is 8.73. The molecule has 8 nitrogen and oxygen atoms in total. The molecule has 30 heavy (non-hydrogen) atoms. The van der Waals surface area contributed by atoms with Gasteiger partial charge in [0.1, 0.15) is 5.82 Å². The highest BCUT2D eigenvalue weighted by Gasteiger charge is 2.35. The molecule has 0 bridgehead atoms. The SMILES string of the molecule is CCS(=O)(=O)N1CCCC[C@H]1c1nc2c(c(=O)[nH]1)CN(C(=O)C1CCCCC1)CC2. The molecular formula is C21H32N4O4S. The summed E-state index contributed by atoms with van der Waals surface area (Å²) in [5, 5.41) is 0. The number of H-pyrrole nitrogens is 1. The number of rotatable bonds is 4. The van der Waals surface area contributed by atoms with E-state index in [0.29, 0.717) is 49.6 Å². The van der Waals surface area contributed by atoms with Crippen molar-refractivity contribution in [2.24, 2.45) is 5.92 Å². The van der Waals surface area contributed by atoms with Crippen LogP contribution in [0.15, 0.2) is 4.79 Å². The molecule has 1 amide bonds. The van der Waals surface area contributed by atoms with Gasteiger partial charge in [0.15, 0.2) is 0 Å². The Morgan fingerprint density at radius 3 is 2.57 bits per heavy atom. The van der Waals surface area contributed by atoms with Gasteiger partial charge in [-0.05, 0) is 32.6 Å². The van der Waals surface area contributed by atoms with Crippen LogP contribution in [0.1, 0.15) is 81.4 Å².